The number of para-hydroxylation sites is 2. The lowest BCUT2D eigenvalue weighted by Gasteiger charge is -2.21. The molecule has 0 bridgehead atoms. The first-order chi connectivity index (χ1) is 13.1. The van der Waals surface area contributed by atoms with E-state index in [2.05, 4.69) is 22.2 Å². The number of hydrogen-bond acceptors (Lipinski definition) is 5. The van der Waals surface area contributed by atoms with Gasteiger partial charge >= 0.3 is 0 Å². The zero-order chi connectivity index (χ0) is 19.2. The molecule has 0 saturated carbocycles. The third-order valence-electron chi connectivity index (χ3n) is 3.97. The number of nitrogens with zero attached hydrogens (tertiary/aromatic N) is 1. The van der Waals surface area contributed by atoms with Gasteiger partial charge in [-0.05, 0) is 24.3 Å². The second kappa shape index (κ2) is 8.46. The first-order valence-electron chi connectivity index (χ1n) is 8.32. The van der Waals surface area contributed by atoms with Crippen molar-refractivity contribution in [3.05, 3.63) is 71.8 Å². The zero-order valence-electron chi connectivity index (χ0n) is 14.8. The molecule has 3 aromatic rings. The van der Waals surface area contributed by atoms with Gasteiger partial charge in [-0.3, -0.25) is 9.59 Å². The highest BCUT2D eigenvalue weighted by Crippen LogP contribution is 2.25. The molecule has 1 unspecified atom stereocenters. The van der Waals surface area contributed by atoms with Crippen molar-refractivity contribution in [3.63, 3.8) is 0 Å². The van der Waals surface area contributed by atoms with Crippen LogP contribution >= 0.6 is 11.3 Å². The van der Waals surface area contributed by atoms with Gasteiger partial charge in [0.15, 0.2) is 5.01 Å². The fourth-order valence-corrected chi connectivity index (χ4v) is 3.55. The molecule has 6 nitrogen and oxygen atoms in total. The lowest BCUT2D eigenvalue weighted by molar-refractivity contribution is -0.117. The fraction of sp³-hybridized carbons (Fsp3) is 0.150. The number of ether oxygens (including phenoxy) is 1. The summed E-state index contributed by atoms with van der Waals surface area (Å²) >= 11 is 1.33. The van der Waals surface area contributed by atoms with Gasteiger partial charge in [-0.2, -0.15) is 0 Å². The number of fused-ring (bicyclic) bond motifs is 1. The van der Waals surface area contributed by atoms with E-state index in [0.717, 1.165) is 15.8 Å². The lowest BCUT2D eigenvalue weighted by Crippen LogP contribution is -2.37. The second-order valence-corrected chi connectivity index (χ2v) is 6.73. The predicted octanol–water partition coefficient (Wildman–Crippen LogP) is 3.08. The van der Waals surface area contributed by atoms with E-state index < -0.39 is 6.04 Å². The van der Waals surface area contributed by atoms with Crippen LogP contribution < -0.4 is 15.4 Å². The quantitative estimate of drug-likeness (QED) is 0.617. The molecule has 0 aliphatic carbocycles. The molecule has 138 valence electrons. The molecular weight excluding hydrogens is 362 g/mol. The van der Waals surface area contributed by atoms with Gasteiger partial charge in [0, 0.05) is 12.1 Å². The summed E-state index contributed by atoms with van der Waals surface area (Å²) in [4.78, 5) is 28.7. The van der Waals surface area contributed by atoms with E-state index in [1.54, 1.807) is 13.2 Å². The summed E-state index contributed by atoms with van der Waals surface area (Å²) in [5.74, 6) is 0.00481. The Hall–Kier alpha value is -3.19. The highest BCUT2D eigenvalue weighted by atomic mass is 32.1. The molecule has 0 radical (unpaired) electrons. The summed E-state index contributed by atoms with van der Waals surface area (Å²) in [6.07, 6.45) is 1.19. The van der Waals surface area contributed by atoms with Gasteiger partial charge in [0.2, 0.25) is 5.91 Å². The number of hydrogen-bond donors (Lipinski definition) is 2. The average Bonchev–Trinajstić information content (AvgIpc) is 3.15. The first kappa shape index (κ1) is 18.6. The number of aromatic nitrogens is 1. The molecule has 1 heterocycles. The van der Waals surface area contributed by atoms with E-state index >= 15 is 0 Å². The van der Waals surface area contributed by atoms with Gasteiger partial charge < -0.3 is 15.4 Å². The summed E-state index contributed by atoms with van der Waals surface area (Å²) in [5, 5.41) is 6.05. The predicted molar refractivity (Wildman–Crippen MR) is 106 cm³/mol. The Labute approximate surface area is 160 Å². The number of thiazole rings is 1. The number of methoxy groups -OCH3 is 1. The molecule has 1 atom stereocenters. The Balaban J connectivity index is 1.78. The number of nitrogens with one attached hydrogen (secondary N) is 2. The fourth-order valence-electron chi connectivity index (χ4n) is 2.66. The Kier molecular flexibility index (Phi) is 5.83. The Bertz CT molecular complexity index is 950. The van der Waals surface area contributed by atoms with Gasteiger partial charge in [0.25, 0.3) is 5.91 Å². The van der Waals surface area contributed by atoms with Crippen molar-refractivity contribution in [3.8, 4) is 5.75 Å². The van der Waals surface area contributed by atoms with Crippen LogP contribution in [0, 0.1) is 0 Å². The van der Waals surface area contributed by atoms with Crippen LogP contribution in [0.3, 0.4) is 0 Å². The van der Waals surface area contributed by atoms with Crippen LogP contribution in [0.15, 0.2) is 61.2 Å². The monoisotopic (exact) mass is 381 g/mol. The summed E-state index contributed by atoms with van der Waals surface area (Å²) in [6, 6.07) is 14.4. The third kappa shape index (κ3) is 4.32. The molecular formula is C20H19N3O3S. The van der Waals surface area contributed by atoms with Crippen LogP contribution in [0.4, 0.5) is 0 Å². The van der Waals surface area contributed by atoms with Crippen molar-refractivity contribution < 1.29 is 14.3 Å². The summed E-state index contributed by atoms with van der Waals surface area (Å²) < 4.78 is 6.32. The molecule has 0 spiro atoms. The van der Waals surface area contributed by atoms with Crippen molar-refractivity contribution in [2.45, 2.75) is 6.04 Å². The minimum atomic E-state index is -0.468. The van der Waals surface area contributed by atoms with Gasteiger partial charge in [-0.25, -0.2) is 4.98 Å². The molecule has 2 aromatic carbocycles. The van der Waals surface area contributed by atoms with Crippen LogP contribution in [0.2, 0.25) is 0 Å². The van der Waals surface area contributed by atoms with Crippen LogP contribution in [0.5, 0.6) is 5.75 Å². The first-order valence-corrected chi connectivity index (χ1v) is 9.13. The van der Waals surface area contributed by atoms with Crippen molar-refractivity contribution >= 4 is 33.4 Å². The maximum atomic E-state index is 12.5. The van der Waals surface area contributed by atoms with E-state index in [4.69, 9.17) is 4.74 Å². The number of rotatable bonds is 7. The maximum Gasteiger partial charge on any atom is 0.280 e. The van der Waals surface area contributed by atoms with Crippen LogP contribution in [0.25, 0.3) is 10.2 Å². The van der Waals surface area contributed by atoms with E-state index in [9.17, 15) is 9.59 Å². The van der Waals surface area contributed by atoms with Gasteiger partial charge in [-0.15, -0.1) is 11.3 Å². The summed E-state index contributed by atoms with van der Waals surface area (Å²) in [6.45, 7) is 3.67. The normalized spacial score (nSPS) is 11.6. The highest BCUT2D eigenvalue weighted by molar-refractivity contribution is 7.20. The minimum Gasteiger partial charge on any atom is -0.496 e. The third-order valence-corrected chi connectivity index (χ3v) is 5.01. The molecule has 0 saturated heterocycles. The molecule has 2 amide bonds. The molecule has 0 aliphatic heterocycles. The number of carbonyl (C=O) groups excluding carboxylic acids is 2. The SMILES string of the molecule is C=CC(=O)NC(CNC(=O)c1nc2ccccc2s1)c1ccccc1OC. The summed E-state index contributed by atoms with van der Waals surface area (Å²) in [5.41, 5.74) is 1.55. The van der Waals surface area contributed by atoms with Gasteiger partial charge in [0.05, 0.1) is 23.4 Å². The van der Waals surface area contributed by atoms with Crippen LogP contribution in [0.1, 0.15) is 21.4 Å². The van der Waals surface area contributed by atoms with E-state index in [-0.39, 0.29) is 18.4 Å². The van der Waals surface area contributed by atoms with Crippen molar-refractivity contribution in [1.29, 1.82) is 0 Å². The minimum absolute atomic E-state index is 0.189. The van der Waals surface area contributed by atoms with E-state index in [1.807, 2.05) is 42.5 Å². The number of carbonyl (C=O) groups is 2. The molecule has 1 aromatic heterocycles. The summed E-state index contributed by atoms with van der Waals surface area (Å²) in [7, 11) is 1.56. The topological polar surface area (TPSA) is 80.3 Å². The van der Waals surface area contributed by atoms with E-state index in [1.165, 1.54) is 17.4 Å². The molecule has 7 heteroatoms. The van der Waals surface area contributed by atoms with E-state index in [0.29, 0.717) is 10.8 Å². The molecule has 27 heavy (non-hydrogen) atoms. The molecule has 0 aliphatic rings. The average molecular weight is 381 g/mol. The van der Waals surface area contributed by atoms with Crippen molar-refractivity contribution in [1.82, 2.24) is 15.6 Å². The van der Waals surface area contributed by atoms with Gasteiger partial charge in [-0.1, -0.05) is 36.9 Å². The van der Waals surface area contributed by atoms with Crippen molar-refractivity contribution in [2.24, 2.45) is 0 Å². The van der Waals surface area contributed by atoms with Crippen LogP contribution in [-0.4, -0.2) is 30.5 Å². The Morgan fingerprint density at radius 2 is 1.96 bits per heavy atom. The van der Waals surface area contributed by atoms with Gasteiger partial charge in [0.1, 0.15) is 5.75 Å². The lowest BCUT2D eigenvalue weighted by atomic mass is 10.1. The molecule has 3 rings (SSSR count). The Morgan fingerprint density at radius 1 is 1.22 bits per heavy atom. The number of benzene rings is 2. The smallest absolute Gasteiger partial charge is 0.280 e. The zero-order valence-corrected chi connectivity index (χ0v) is 15.6. The van der Waals surface area contributed by atoms with Crippen LogP contribution in [-0.2, 0) is 4.79 Å². The second-order valence-electron chi connectivity index (χ2n) is 5.70. The Morgan fingerprint density at radius 3 is 2.70 bits per heavy atom. The largest absolute Gasteiger partial charge is 0.496 e. The van der Waals surface area contributed by atoms with Crippen molar-refractivity contribution in [2.75, 3.05) is 13.7 Å². The standard InChI is InChI=1S/C20H19N3O3S/c1-3-18(24)22-15(13-8-4-6-10-16(13)26-2)12-21-19(25)20-23-14-9-5-7-11-17(14)27-20/h3-11,15H,1,12H2,2H3,(H,21,25)(H,22,24). The molecule has 2 N–H and O–H groups in total. The number of amides is 2. The highest BCUT2D eigenvalue weighted by Gasteiger charge is 2.20. The molecule has 0 fully saturated rings. The maximum absolute atomic E-state index is 12.5.